The predicted molar refractivity (Wildman–Crippen MR) is 78.0 cm³/mol. The third kappa shape index (κ3) is 2.54. The standard InChI is InChI=1S/C15H17N3O3/c1-15(14(20)21)6-7-18(9-15)8-12-16-11-5-3-2-4-10(11)13(19)17-12/h2-5H,6-9H2,1H3,(H,20,21)(H,16,17,19). The number of nitrogens with one attached hydrogen (secondary N) is 1. The third-order valence-electron chi connectivity index (χ3n) is 4.10. The second-order valence-electron chi connectivity index (χ2n) is 5.86. The summed E-state index contributed by atoms with van der Waals surface area (Å²) >= 11 is 0. The van der Waals surface area contributed by atoms with Gasteiger partial charge in [-0.1, -0.05) is 12.1 Å². The highest BCUT2D eigenvalue weighted by atomic mass is 16.4. The summed E-state index contributed by atoms with van der Waals surface area (Å²) in [5.74, 6) is -0.196. The van der Waals surface area contributed by atoms with Crippen molar-refractivity contribution in [1.82, 2.24) is 14.9 Å². The van der Waals surface area contributed by atoms with Crippen molar-refractivity contribution < 1.29 is 9.90 Å². The molecule has 1 unspecified atom stereocenters. The van der Waals surface area contributed by atoms with Crippen LogP contribution in [0, 0.1) is 5.41 Å². The van der Waals surface area contributed by atoms with E-state index < -0.39 is 11.4 Å². The number of benzene rings is 1. The summed E-state index contributed by atoms with van der Waals surface area (Å²) in [5, 5.41) is 9.81. The summed E-state index contributed by atoms with van der Waals surface area (Å²) in [7, 11) is 0. The number of likely N-dealkylation sites (tertiary alicyclic amines) is 1. The molecule has 2 N–H and O–H groups in total. The van der Waals surface area contributed by atoms with Gasteiger partial charge in [-0.05, 0) is 32.0 Å². The van der Waals surface area contributed by atoms with Crippen molar-refractivity contribution in [3.63, 3.8) is 0 Å². The van der Waals surface area contributed by atoms with Crippen molar-refractivity contribution in [3.8, 4) is 0 Å². The summed E-state index contributed by atoms with van der Waals surface area (Å²) in [6.45, 7) is 3.38. The average molecular weight is 287 g/mol. The summed E-state index contributed by atoms with van der Waals surface area (Å²) in [5.41, 5.74) is -0.204. The number of para-hydroxylation sites is 1. The van der Waals surface area contributed by atoms with Gasteiger partial charge in [0.15, 0.2) is 0 Å². The Balaban J connectivity index is 1.83. The molecule has 1 aliphatic rings. The smallest absolute Gasteiger partial charge is 0.310 e. The van der Waals surface area contributed by atoms with Gasteiger partial charge in [-0.15, -0.1) is 0 Å². The van der Waals surface area contributed by atoms with Crippen LogP contribution < -0.4 is 5.56 Å². The van der Waals surface area contributed by atoms with E-state index in [2.05, 4.69) is 9.97 Å². The van der Waals surface area contributed by atoms with Crippen LogP contribution in [-0.2, 0) is 11.3 Å². The Kier molecular flexibility index (Phi) is 3.25. The number of carbonyl (C=O) groups is 1. The zero-order valence-corrected chi connectivity index (χ0v) is 11.8. The van der Waals surface area contributed by atoms with Crippen LogP contribution >= 0.6 is 0 Å². The fourth-order valence-corrected chi connectivity index (χ4v) is 2.79. The Hall–Kier alpha value is -2.21. The summed E-state index contributed by atoms with van der Waals surface area (Å²) in [4.78, 5) is 32.5. The number of H-pyrrole nitrogens is 1. The maximum absolute atomic E-state index is 12.0. The molecule has 1 fully saturated rings. The second-order valence-corrected chi connectivity index (χ2v) is 5.86. The number of carboxylic acid groups (broad SMARTS) is 1. The molecule has 0 amide bonds. The third-order valence-corrected chi connectivity index (χ3v) is 4.10. The zero-order chi connectivity index (χ0) is 15.0. The zero-order valence-electron chi connectivity index (χ0n) is 11.8. The number of rotatable bonds is 3. The maximum atomic E-state index is 12.0. The minimum Gasteiger partial charge on any atom is -0.481 e. The van der Waals surface area contributed by atoms with E-state index >= 15 is 0 Å². The maximum Gasteiger partial charge on any atom is 0.310 e. The monoisotopic (exact) mass is 287 g/mol. The molecule has 1 aromatic heterocycles. The van der Waals surface area contributed by atoms with Gasteiger partial charge >= 0.3 is 5.97 Å². The molecule has 2 aromatic rings. The number of carboxylic acids is 1. The summed E-state index contributed by atoms with van der Waals surface area (Å²) < 4.78 is 0. The Morgan fingerprint density at radius 2 is 2.24 bits per heavy atom. The molecule has 0 bridgehead atoms. The Morgan fingerprint density at radius 3 is 2.95 bits per heavy atom. The van der Waals surface area contributed by atoms with Gasteiger partial charge in [0.05, 0.1) is 22.9 Å². The van der Waals surface area contributed by atoms with Crippen LogP contribution in [0.1, 0.15) is 19.2 Å². The highest BCUT2D eigenvalue weighted by molar-refractivity contribution is 5.77. The minimum atomic E-state index is -0.773. The van der Waals surface area contributed by atoms with E-state index in [1.165, 1.54) is 0 Å². The van der Waals surface area contributed by atoms with Crippen molar-refractivity contribution in [1.29, 1.82) is 0 Å². The lowest BCUT2D eigenvalue weighted by molar-refractivity contribution is -0.147. The number of aliphatic carboxylic acids is 1. The topological polar surface area (TPSA) is 86.3 Å². The van der Waals surface area contributed by atoms with Gasteiger partial charge < -0.3 is 10.1 Å². The molecule has 0 spiro atoms. The first-order valence-corrected chi connectivity index (χ1v) is 6.92. The lowest BCUT2D eigenvalue weighted by atomic mass is 9.90. The number of aromatic nitrogens is 2. The van der Waals surface area contributed by atoms with E-state index in [4.69, 9.17) is 0 Å². The quantitative estimate of drug-likeness (QED) is 0.886. The van der Waals surface area contributed by atoms with Gasteiger partial charge in [0.2, 0.25) is 0 Å². The molecule has 3 rings (SSSR count). The van der Waals surface area contributed by atoms with Crippen molar-refractivity contribution >= 4 is 16.9 Å². The lowest BCUT2D eigenvalue weighted by Gasteiger charge is -2.19. The van der Waals surface area contributed by atoms with E-state index in [0.717, 1.165) is 0 Å². The van der Waals surface area contributed by atoms with E-state index in [-0.39, 0.29) is 5.56 Å². The Bertz CT molecular complexity index is 755. The molecule has 0 radical (unpaired) electrons. The number of nitrogens with zero attached hydrogens (tertiary/aromatic N) is 2. The van der Waals surface area contributed by atoms with E-state index in [9.17, 15) is 14.7 Å². The van der Waals surface area contributed by atoms with E-state index in [1.807, 2.05) is 11.0 Å². The molecule has 21 heavy (non-hydrogen) atoms. The molecule has 1 aliphatic heterocycles. The largest absolute Gasteiger partial charge is 0.481 e. The first kappa shape index (κ1) is 13.8. The van der Waals surface area contributed by atoms with Crippen LogP contribution in [-0.4, -0.2) is 39.0 Å². The highest BCUT2D eigenvalue weighted by Gasteiger charge is 2.40. The molecule has 1 saturated heterocycles. The number of hydrogen-bond acceptors (Lipinski definition) is 4. The molecule has 1 aromatic carbocycles. The Labute approximate surface area is 121 Å². The van der Waals surface area contributed by atoms with Gasteiger partial charge in [-0.2, -0.15) is 0 Å². The number of aromatic amines is 1. The molecule has 6 nitrogen and oxygen atoms in total. The van der Waals surface area contributed by atoms with Gasteiger partial charge in [0.25, 0.3) is 5.56 Å². The fraction of sp³-hybridized carbons (Fsp3) is 0.400. The molecule has 1 atom stereocenters. The second kappa shape index (κ2) is 4.96. The van der Waals surface area contributed by atoms with Gasteiger partial charge in [0, 0.05) is 6.54 Å². The lowest BCUT2D eigenvalue weighted by Crippen LogP contribution is -2.32. The molecule has 0 saturated carbocycles. The Morgan fingerprint density at radius 1 is 1.48 bits per heavy atom. The first-order valence-electron chi connectivity index (χ1n) is 6.92. The van der Waals surface area contributed by atoms with Crippen LogP contribution in [0.2, 0.25) is 0 Å². The minimum absolute atomic E-state index is 0.157. The molecular weight excluding hydrogens is 270 g/mol. The van der Waals surface area contributed by atoms with Crippen LogP contribution in [0.15, 0.2) is 29.1 Å². The fourth-order valence-electron chi connectivity index (χ4n) is 2.79. The van der Waals surface area contributed by atoms with Crippen molar-refractivity contribution in [2.45, 2.75) is 19.9 Å². The molecular formula is C15H17N3O3. The van der Waals surface area contributed by atoms with Crippen molar-refractivity contribution in [2.24, 2.45) is 5.41 Å². The molecule has 0 aliphatic carbocycles. The van der Waals surface area contributed by atoms with Crippen LogP contribution in [0.25, 0.3) is 10.9 Å². The van der Waals surface area contributed by atoms with Crippen molar-refractivity contribution in [2.75, 3.05) is 13.1 Å². The number of hydrogen-bond donors (Lipinski definition) is 2. The van der Waals surface area contributed by atoms with E-state index in [0.29, 0.717) is 42.8 Å². The van der Waals surface area contributed by atoms with Crippen LogP contribution in [0.3, 0.4) is 0 Å². The normalized spacial score (nSPS) is 22.7. The van der Waals surface area contributed by atoms with Crippen molar-refractivity contribution in [3.05, 3.63) is 40.4 Å². The first-order chi connectivity index (χ1) is 9.98. The van der Waals surface area contributed by atoms with Gasteiger partial charge in [-0.25, -0.2) is 4.98 Å². The highest BCUT2D eigenvalue weighted by Crippen LogP contribution is 2.30. The van der Waals surface area contributed by atoms with Gasteiger partial charge in [0.1, 0.15) is 5.82 Å². The number of fused-ring (bicyclic) bond motifs is 1. The molecule has 6 heteroatoms. The predicted octanol–water partition coefficient (Wildman–Crippen LogP) is 1.22. The molecule has 2 heterocycles. The SMILES string of the molecule is CC1(C(=O)O)CCN(Cc2nc3ccccc3c(=O)[nH]2)C1. The summed E-state index contributed by atoms with van der Waals surface area (Å²) in [6.07, 6.45) is 0.611. The summed E-state index contributed by atoms with van der Waals surface area (Å²) in [6, 6.07) is 7.19. The van der Waals surface area contributed by atoms with E-state index in [1.54, 1.807) is 25.1 Å². The van der Waals surface area contributed by atoms with Crippen LogP contribution in [0.4, 0.5) is 0 Å². The van der Waals surface area contributed by atoms with Crippen LogP contribution in [0.5, 0.6) is 0 Å². The molecule has 110 valence electrons. The average Bonchev–Trinajstić information content (AvgIpc) is 2.82. The van der Waals surface area contributed by atoms with Gasteiger partial charge in [-0.3, -0.25) is 14.5 Å².